The van der Waals surface area contributed by atoms with Gasteiger partial charge < -0.3 is 29.9 Å². The Balaban J connectivity index is 1.54. The van der Waals surface area contributed by atoms with Crippen LogP contribution in [0, 0.1) is 0 Å². The van der Waals surface area contributed by atoms with Crippen LogP contribution in [-0.2, 0) is 9.47 Å². The lowest BCUT2D eigenvalue weighted by Gasteiger charge is -2.31. The van der Waals surface area contributed by atoms with Gasteiger partial charge in [-0.25, -0.2) is 0 Å². The van der Waals surface area contributed by atoms with E-state index in [0.29, 0.717) is 13.2 Å². The van der Waals surface area contributed by atoms with Gasteiger partial charge in [0.05, 0.1) is 24.6 Å². The molecule has 7 heteroatoms. The summed E-state index contributed by atoms with van der Waals surface area (Å²) in [4.78, 5) is 7.32. The molecule has 2 heterocycles. The quantitative estimate of drug-likeness (QED) is 0.586. The number of hydrogen-bond donors (Lipinski definition) is 2. The Hall–Kier alpha value is -1.93. The van der Waals surface area contributed by atoms with E-state index >= 15 is 0 Å². The highest BCUT2D eigenvalue weighted by molar-refractivity contribution is 7.99. The van der Waals surface area contributed by atoms with Crippen LogP contribution < -0.4 is 20.4 Å². The fourth-order valence-corrected chi connectivity index (χ4v) is 4.80. The Labute approximate surface area is 177 Å². The summed E-state index contributed by atoms with van der Waals surface area (Å²) in [6.07, 6.45) is 0. The minimum atomic E-state index is 0.697. The number of anilines is 4. The van der Waals surface area contributed by atoms with E-state index < -0.39 is 0 Å². The lowest BCUT2D eigenvalue weighted by molar-refractivity contribution is 0.190. The largest absolute Gasteiger partial charge is 0.383 e. The molecule has 0 spiro atoms. The van der Waals surface area contributed by atoms with E-state index in [-0.39, 0.29) is 0 Å². The molecule has 6 nitrogen and oxygen atoms in total. The van der Waals surface area contributed by atoms with Gasteiger partial charge in [-0.15, -0.1) is 0 Å². The zero-order valence-corrected chi connectivity index (χ0v) is 18.1. The van der Waals surface area contributed by atoms with Crippen LogP contribution in [0.1, 0.15) is 0 Å². The molecule has 0 radical (unpaired) electrons. The van der Waals surface area contributed by atoms with Crippen LogP contribution in [0.4, 0.5) is 22.7 Å². The van der Waals surface area contributed by atoms with Crippen LogP contribution in [0.2, 0.25) is 0 Å². The maximum absolute atomic E-state index is 5.29. The number of benzene rings is 2. The molecule has 2 aliphatic heterocycles. The predicted octanol–water partition coefficient (Wildman–Crippen LogP) is 3.40. The molecule has 0 unspecified atom stereocenters. The third kappa shape index (κ3) is 4.80. The second kappa shape index (κ2) is 9.71. The Morgan fingerprint density at radius 2 is 1.59 bits per heavy atom. The van der Waals surface area contributed by atoms with Gasteiger partial charge in [0.2, 0.25) is 0 Å². The molecular weight excluding hydrogens is 384 g/mol. The summed E-state index contributed by atoms with van der Waals surface area (Å²) in [5.41, 5.74) is 4.86. The number of hydrogen-bond acceptors (Lipinski definition) is 7. The van der Waals surface area contributed by atoms with E-state index in [1.807, 2.05) is 11.8 Å². The number of methoxy groups -OCH3 is 2. The van der Waals surface area contributed by atoms with Crippen molar-refractivity contribution < 1.29 is 9.47 Å². The zero-order valence-electron chi connectivity index (χ0n) is 17.2. The van der Waals surface area contributed by atoms with Crippen LogP contribution in [0.25, 0.3) is 0 Å². The lowest BCUT2D eigenvalue weighted by atomic mass is 10.2. The molecule has 0 atom stereocenters. The summed E-state index contributed by atoms with van der Waals surface area (Å²) in [5.74, 6) is 0. The third-order valence-corrected chi connectivity index (χ3v) is 6.51. The minimum Gasteiger partial charge on any atom is -0.383 e. The van der Waals surface area contributed by atoms with Crippen LogP contribution in [0.15, 0.2) is 46.2 Å². The van der Waals surface area contributed by atoms with Gasteiger partial charge in [0, 0.05) is 74.7 Å². The molecule has 2 N–H and O–H groups in total. The molecule has 1 fully saturated rings. The number of rotatable bonds is 8. The van der Waals surface area contributed by atoms with Gasteiger partial charge in [-0.3, -0.25) is 0 Å². The Morgan fingerprint density at radius 3 is 2.28 bits per heavy atom. The van der Waals surface area contributed by atoms with Crippen LogP contribution in [0.3, 0.4) is 0 Å². The lowest BCUT2D eigenvalue weighted by Crippen LogP contribution is -2.43. The van der Waals surface area contributed by atoms with E-state index in [1.165, 1.54) is 32.5 Å². The molecule has 0 amide bonds. The molecule has 2 aromatic carbocycles. The molecule has 0 aromatic heterocycles. The second-order valence-electron chi connectivity index (χ2n) is 7.30. The topological polar surface area (TPSA) is 49.0 Å². The fourth-order valence-electron chi connectivity index (χ4n) is 3.75. The molecule has 1 saturated heterocycles. The SMILES string of the molecule is COCCN(CCOC)c1ccc2c(c1)Sc1cc(N3CCNCC3)ccc1N2. The molecule has 0 bridgehead atoms. The van der Waals surface area contributed by atoms with E-state index in [1.54, 1.807) is 14.2 Å². The molecule has 2 aliphatic rings. The van der Waals surface area contributed by atoms with E-state index in [0.717, 1.165) is 39.3 Å². The van der Waals surface area contributed by atoms with E-state index in [2.05, 4.69) is 56.8 Å². The molecule has 2 aromatic rings. The molecular formula is C22H30N4O2S. The summed E-state index contributed by atoms with van der Waals surface area (Å²) < 4.78 is 10.6. The Bertz CT molecular complexity index is 818. The van der Waals surface area contributed by atoms with Crippen molar-refractivity contribution in [1.82, 2.24) is 5.32 Å². The van der Waals surface area contributed by atoms with Gasteiger partial charge in [0.1, 0.15) is 0 Å². The minimum absolute atomic E-state index is 0.697. The molecule has 0 aliphatic carbocycles. The van der Waals surface area contributed by atoms with Crippen molar-refractivity contribution in [3.63, 3.8) is 0 Å². The number of nitrogens with one attached hydrogen (secondary N) is 2. The fraction of sp³-hybridized carbons (Fsp3) is 0.455. The van der Waals surface area contributed by atoms with Crippen LogP contribution in [0.5, 0.6) is 0 Å². The average molecular weight is 415 g/mol. The molecule has 156 valence electrons. The van der Waals surface area contributed by atoms with Gasteiger partial charge in [-0.1, -0.05) is 11.8 Å². The summed E-state index contributed by atoms with van der Waals surface area (Å²) in [6, 6.07) is 13.4. The van der Waals surface area contributed by atoms with Gasteiger partial charge in [-0.05, 0) is 36.4 Å². The van der Waals surface area contributed by atoms with Crippen molar-refractivity contribution in [1.29, 1.82) is 0 Å². The number of piperazine rings is 1. The highest BCUT2D eigenvalue weighted by Crippen LogP contribution is 2.46. The third-order valence-electron chi connectivity index (χ3n) is 5.40. The second-order valence-corrected chi connectivity index (χ2v) is 8.38. The predicted molar refractivity (Wildman–Crippen MR) is 121 cm³/mol. The van der Waals surface area contributed by atoms with Crippen molar-refractivity contribution in [2.45, 2.75) is 9.79 Å². The first-order chi connectivity index (χ1) is 14.3. The van der Waals surface area contributed by atoms with Gasteiger partial charge in [0.25, 0.3) is 0 Å². The maximum Gasteiger partial charge on any atom is 0.0637 e. The first kappa shape index (κ1) is 20.3. The number of ether oxygens (including phenoxy) is 2. The highest BCUT2D eigenvalue weighted by atomic mass is 32.2. The normalized spacial score (nSPS) is 15.4. The summed E-state index contributed by atoms with van der Waals surface area (Å²) in [6.45, 7) is 7.31. The van der Waals surface area contributed by atoms with Crippen LogP contribution >= 0.6 is 11.8 Å². The summed E-state index contributed by atoms with van der Waals surface area (Å²) in [7, 11) is 3.49. The molecule has 0 saturated carbocycles. The maximum atomic E-state index is 5.29. The van der Waals surface area contributed by atoms with Gasteiger partial charge in [0.15, 0.2) is 0 Å². The molecule has 29 heavy (non-hydrogen) atoms. The van der Waals surface area contributed by atoms with Crippen molar-refractivity contribution in [3.8, 4) is 0 Å². The van der Waals surface area contributed by atoms with Crippen molar-refractivity contribution >= 4 is 34.5 Å². The number of nitrogens with zero attached hydrogens (tertiary/aromatic N) is 2. The Kier molecular flexibility index (Phi) is 6.82. The average Bonchev–Trinajstić information content (AvgIpc) is 2.77. The highest BCUT2D eigenvalue weighted by Gasteiger charge is 2.19. The number of fused-ring (bicyclic) bond motifs is 2. The van der Waals surface area contributed by atoms with Crippen molar-refractivity contribution in [2.24, 2.45) is 0 Å². The smallest absolute Gasteiger partial charge is 0.0637 e. The van der Waals surface area contributed by atoms with Gasteiger partial charge in [-0.2, -0.15) is 0 Å². The van der Waals surface area contributed by atoms with Crippen LogP contribution in [-0.4, -0.2) is 66.7 Å². The van der Waals surface area contributed by atoms with Crippen molar-refractivity contribution in [3.05, 3.63) is 36.4 Å². The van der Waals surface area contributed by atoms with E-state index in [4.69, 9.17) is 9.47 Å². The zero-order chi connectivity index (χ0) is 20.1. The summed E-state index contributed by atoms with van der Waals surface area (Å²) in [5, 5.41) is 7.03. The first-order valence-electron chi connectivity index (χ1n) is 10.2. The molecule has 4 rings (SSSR count). The first-order valence-corrected chi connectivity index (χ1v) is 11.0. The summed E-state index contributed by atoms with van der Waals surface area (Å²) >= 11 is 1.85. The standard InChI is InChI=1S/C22H30N4O2S/c1-27-13-11-26(12-14-28-2)18-4-6-20-22(16-18)29-21-15-17(3-5-19(21)24-20)25-9-7-23-8-10-25/h3-6,15-16,23-24H,7-14H2,1-2H3. The van der Waals surface area contributed by atoms with Crippen molar-refractivity contribution in [2.75, 3.05) is 81.8 Å². The monoisotopic (exact) mass is 414 g/mol. The Morgan fingerprint density at radius 1 is 0.931 bits per heavy atom. The van der Waals surface area contributed by atoms with E-state index in [9.17, 15) is 0 Å². The van der Waals surface area contributed by atoms with Gasteiger partial charge >= 0.3 is 0 Å².